The number of benzene rings is 1. The van der Waals surface area contributed by atoms with Crippen molar-refractivity contribution in [2.24, 2.45) is 5.92 Å². The number of carbonyl (C=O) groups excluding carboxylic acids is 4. The van der Waals surface area contributed by atoms with E-state index in [2.05, 4.69) is 5.32 Å². The van der Waals surface area contributed by atoms with E-state index in [0.29, 0.717) is 17.7 Å². The topological polar surface area (TPSA) is 131 Å². The van der Waals surface area contributed by atoms with E-state index < -0.39 is 53.3 Å². The molecule has 2 aliphatic rings. The van der Waals surface area contributed by atoms with Crippen LogP contribution in [0.5, 0.6) is 0 Å². The molecule has 1 aromatic rings. The quantitative estimate of drug-likeness (QED) is 0.486. The van der Waals surface area contributed by atoms with E-state index in [1.54, 1.807) is 20.8 Å². The molecule has 0 aromatic heterocycles. The van der Waals surface area contributed by atoms with E-state index in [9.17, 15) is 24.3 Å². The fourth-order valence-electron chi connectivity index (χ4n) is 3.89. The van der Waals surface area contributed by atoms with E-state index >= 15 is 0 Å². The van der Waals surface area contributed by atoms with E-state index in [0.717, 1.165) is 12.7 Å². The monoisotopic (exact) mass is 462 g/mol. The summed E-state index contributed by atoms with van der Waals surface area (Å²) in [5.41, 5.74) is -1.16. The molecule has 1 heterocycles. The molecular formula is C23H30N2O8. The molecule has 0 spiro atoms. The van der Waals surface area contributed by atoms with Crippen molar-refractivity contribution in [3.8, 4) is 0 Å². The molecule has 1 saturated carbocycles. The second kappa shape index (κ2) is 9.38. The van der Waals surface area contributed by atoms with Crippen LogP contribution in [0.3, 0.4) is 0 Å². The summed E-state index contributed by atoms with van der Waals surface area (Å²) in [5, 5.41) is 13.7. The van der Waals surface area contributed by atoms with E-state index in [1.807, 2.05) is 30.3 Å². The fraction of sp³-hybridized carbons (Fsp3) is 0.565. The normalized spacial score (nSPS) is 22.3. The minimum Gasteiger partial charge on any atom is -0.467 e. The highest BCUT2D eigenvalue weighted by atomic mass is 16.6. The molecule has 180 valence electrons. The van der Waals surface area contributed by atoms with Gasteiger partial charge >= 0.3 is 18.2 Å². The zero-order valence-corrected chi connectivity index (χ0v) is 19.2. The molecule has 1 aliphatic carbocycles. The third-order valence-corrected chi connectivity index (χ3v) is 5.71. The number of nitrogens with one attached hydrogen (secondary N) is 1. The van der Waals surface area contributed by atoms with Crippen molar-refractivity contribution in [2.45, 2.75) is 69.9 Å². The van der Waals surface area contributed by atoms with E-state index in [4.69, 9.17) is 14.2 Å². The van der Waals surface area contributed by atoms with Crippen LogP contribution in [-0.4, -0.2) is 64.5 Å². The molecule has 10 nitrogen and oxygen atoms in total. The van der Waals surface area contributed by atoms with E-state index in [1.165, 1.54) is 0 Å². The third-order valence-electron chi connectivity index (χ3n) is 5.71. The standard InChI is InChI=1S/C23H30N2O8/c1-22(2,3)33-21(30)25-16(19(28)31-4)12-15(18(25)27)17(26)23(10-11-23)24-20(29)32-13-14-8-6-5-7-9-14/h5-9,15-17,26H,10-13H2,1-4H3,(H,24,29)/t15?,16-,17?/m0/s1. The number of hydrogen-bond donors (Lipinski definition) is 2. The Morgan fingerprint density at radius 2 is 1.85 bits per heavy atom. The maximum Gasteiger partial charge on any atom is 0.417 e. The lowest BCUT2D eigenvalue weighted by Crippen LogP contribution is -2.51. The molecular weight excluding hydrogens is 432 g/mol. The number of carbonyl (C=O) groups is 4. The zero-order valence-electron chi connectivity index (χ0n) is 19.2. The Labute approximate surface area is 192 Å². The smallest absolute Gasteiger partial charge is 0.417 e. The Hall–Kier alpha value is -3.14. The van der Waals surface area contributed by atoms with Crippen molar-refractivity contribution >= 4 is 24.1 Å². The number of likely N-dealkylation sites (tertiary alicyclic amines) is 1. The minimum absolute atomic E-state index is 0.0536. The molecule has 2 unspecified atom stereocenters. The van der Waals surface area contributed by atoms with Crippen molar-refractivity contribution in [2.75, 3.05) is 7.11 Å². The fourth-order valence-corrected chi connectivity index (χ4v) is 3.89. The first-order valence-corrected chi connectivity index (χ1v) is 10.8. The molecule has 3 atom stereocenters. The van der Waals surface area contributed by atoms with Crippen LogP contribution in [0.1, 0.15) is 45.6 Å². The molecule has 2 fully saturated rings. The van der Waals surface area contributed by atoms with Crippen molar-refractivity contribution in [1.82, 2.24) is 10.2 Å². The maximum atomic E-state index is 13.1. The van der Waals surface area contributed by atoms with Crippen molar-refractivity contribution < 1.29 is 38.5 Å². The summed E-state index contributed by atoms with van der Waals surface area (Å²) in [5.74, 6) is -2.64. The molecule has 1 aliphatic heterocycles. The predicted molar refractivity (Wildman–Crippen MR) is 115 cm³/mol. The summed E-state index contributed by atoms with van der Waals surface area (Å²) in [6, 6.07) is 7.89. The molecule has 3 amide bonds. The highest BCUT2D eigenvalue weighted by Crippen LogP contribution is 2.45. The number of amides is 3. The van der Waals surface area contributed by atoms with Crippen LogP contribution >= 0.6 is 0 Å². The summed E-state index contributed by atoms with van der Waals surface area (Å²) in [7, 11) is 1.15. The zero-order chi connectivity index (χ0) is 24.4. The Kier molecular flexibility index (Phi) is 6.97. The number of aliphatic hydroxyl groups excluding tert-OH is 1. The SMILES string of the molecule is COC(=O)[C@@H]1CC(C(O)C2(NC(=O)OCc3ccccc3)CC2)C(=O)N1C(=O)OC(C)(C)C. The van der Waals surface area contributed by atoms with Crippen LogP contribution in [-0.2, 0) is 30.4 Å². The lowest BCUT2D eigenvalue weighted by atomic mass is 9.91. The lowest BCUT2D eigenvalue weighted by Gasteiger charge is -2.28. The van der Waals surface area contributed by atoms with Gasteiger partial charge in [0.25, 0.3) is 0 Å². The summed E-state index contributed by atoms with van der Waals surface area (Å²) < 4.78 is 15.3. The number of hydrogen-bond acceptors (Lipinski definition) is 8. The number of methoxy groups -OCH3 is 1. The van der Waals surface area contributed by atoms with Crippen LogP contribution < -0.4 is 5.32 Å². The Balaban J connectivity index is 1.69. The number of alkyl carbamates (subject to hydrolysis) is 1. The molecule has 0 bridgehead atoms. The third kappa shape index (κ3) is 5.62. The highest BCUT2D eigenvalue weighted by molar-refractivity contribution is 6.01. The van der Waals surface area contributed by atoms with Crippen LogP contribution in [0.2, 0.25) is 0 Å². The van der Waals surface area contributed by atoms with Gasteiger partial charge in [0.2, 0.25) is 5.91 Å². The van der Waals surface area contributed by atoms with Gasteiger partial charge in [-0.15, -0.1) is 0 Å². The molecule has 1 aromatic carbocycles. The van der Waals surface area contributed by atoms with Gasteiger partial charge in [-0.2, -0.15) is 0 Å². The van der Waals surface area contributed by atoms with Gasteiger partial charge in [-0.25, -0.2) is 19.3 Å². The second-order valence-electron chi connectivity index (χ2n) is 9.36. The Bertz CT molecular complexity index is 907. The van der Waals surface area contributed by atoms with Crippen LogP contribution in [0.15, 0.2) is 30.3 Å². The van der Waals surface area contributed by atoms with Gasteiger partial charge in [0.15, 0.2) is 0 Å². The summed E-state index contributed by atoms with van der Waals surface area (Å²) >= 11 is 0. The Morgan fingerprint density at radius 3 is 2.39 bits per heavy atom. The second-order valence-corrected chi connectivity index (χ2v) is 9.36. The number of rotatable bonds is 6. The minimum atomic E-state index is -1.33. The van der Waals surface area contributed by atoms with Gasteiger partial charge in [0.1, 0.15) is 18.2 Å². The largest absolute Gasteiger partial charge is 0.467 e. The van der Waals surface area contributed by atoms with Crippen LogP contribution in [0, 0.1) is 5.92 Å². The molecule has 10 heteroatoms. The first-order chi connectivity index (χ1) is 15.5. The molecule has 0 radical (unpaired) electrons. The lowest BCUT2D eigenvalue weighted by molar-refractivity contribution is -0.149. The molecule has 2 N–H and O–H groups in total. The van der Waals surface area contributed by atoms with Gasteiger partial charge in [-0.05, 0) is 45.6 Å². The summed E-state index contributed by atoms with van der Waals surface area (Å²) in [4.78, 5) is 51.0. The van der Waals surface area contributed by atoms with Crippen LogP contribution in [0.25, 0.3) is 0 Å². The number of esters is 1. The van der Waals surface area contributed by atoms with Crippen molar-refractivity contribution in [1.29, 1.82) is 0 Å². The predicted octanol–water partition coefficient (Wildman–Crippen LogP) is 2.13. The average Bonchev–Trinajstić information content (AvgIpc) is 3.45. The number of ether oxygens (including phenoxy) is 3. The summed E-state index contributed by atoms with van der Waals surface area (Å²) in [6.07, 6.45) is -2.34. The molecule has 33 heavy (non-hydrogen) atoms. The first kappa shape index (κ1) is 24.5. The molecule has 3 rings (SSSR count). The van der Waals surface area contributed by atoms with Crippen molar-refractivity contribution in [3.63, 3.8) is 0 Å². The van der Waals surface area contributed by atoms with Crippen LogP contribution in [0.4, 0.5) is 9.59 Å². The Morgan fingerprint density at radius 1 is 1.21 bits per heavy atom. The van der Waals surface area contributed by atoms with Gasteiger partial charge in [-0.3, -0.25) is 4.79 Å². The molecule has 1 saturated heterocycles. The van der Waals surface area contributed by atoms with Gasteiger partial charge < -0.3 is 24.6 Å². The highest BCUT2D eigenvalue weighted by Gasteiger charge is 2.60. The number of imide groups is 1. The summed E-state index contributed by atoms with van der Waals surface area (Å²) in [6.45, 7) is 4.96. The number of aliphatic hydroxyl groups is 1. The van der Waals surface area contributed by atoms with E-state index in [-0.39, 0.29) is 13.0 Å². The number of nitrogens with zero attached hydrogens (tertiary/aromatic N) is 1. The van der Waals surface area contributed by atoms with Gasteiger partial charge in [0.05, 0.1) is 24.7 Å². The maximum absolute atomic E-state index is 13.1. The van der Waals surface area contributed by atoms with Crippen molar-refractivity contribution in [3.05, 3.63) is 35.9 Å². The van der Waals surface area contributed by atoms with Gasteiger partial charge in [0, 0.05) is 0 Å². The average molecular weight is 462 g/mol. The first-order valence-electron chi connectivity index (χ1n) is 10.8. The van der Waals surface area contributed by atoms with Gasteiger partial charge in [-0.1, -0.05) is 30.3 Å².